The molecule has 4 heteroatoms. The average molecular weight is 269 g/mol. The third-order valence-electron chi connectivity index (χ3n) is 1.70. The van der Waals surface area contributed by atoms with E-state index in [1.807, 2.05) is 6.07 Å². The van der Waals surface area contributed by atoms with Gasteiger partial charge in [-0.2, -0.15) is 0 Å². The molecule has 1 unspecified atom stereocenters. The molecule has 1 aromatic rings. The monoisotopic (exact) mass is 268 g/mol. The zero-order valence-corrected chi connectivity index (χ0v) is 9.61. The number of hydrogen-bond donors (Lipinski definition) is 1. The third kappa shape index (κ3) is 3.39. The van der Waals surface area contributed by atoms with Gasteiger partial charge < -0.3 is 9.84 Å². The lowest BCUT2D eigenvalue weighted by Crippen LogP contribution is -1.99. The Balaban J connectivity index is 2.85. The van der Waals surface area contributed by atoms with E-state index in [1.54, 1.807) is 18.2 Å². The number of carbonyl (C=O) groups excluding carboxylic acids is 1. The van der Waals surface area contributed by atoms with Gasteiger partial charge in [0.15, 0.2) is 0 Å². The summed E-state index contributed by atoms with van der Waals surface area (Å²) in [6.45, 7) is 0. The van der Waals surface area contributed by atoms with Crippen LogP contribution in [-0.4, -0.2) is 18.2 Å². The highest BCUT2D eigenvalue weighted by Crippen LogP contribution is 2.22. The Morgan fingerprint density at radius 3 is 2.80 bits per heavy atom. The van der Waals surface area contributed by atoms with E-state index in [-0.39, 0.29) is 0 Å². The summed E-state index contributed by atoms with van der Waals surface area (Å²) in [4.78, 5) is 10.7. The van der Waals surface area contributed by atoms with Gasteiger partial charge in [0.05, 0.1) is 7.11 Å². The molecule has 0 amide bonds. The fourth-order valence-electron chi connectivity index (χ4n) is 0.953. The van der Waals surface area contributed by atoms with Gasteiger partial charge >= 0.3 is 5.97 Å². The molecule has 15 heavy (non-hydrogen) atoms. The Bertz CT molecular complexity index is 417. The predicted molar refractivity (Wildman–Crippen MR) is 58.9 cm³/mol. The van der Waals surface area contributed by atoms with E-state index >= 15 is 0 Å². The lowest BCUT2D eigenvalue weighted by atomic mass is 10.1. The van der Waals surface area contributed by atoms with E-state index in [9.17, 15) is 9.90 Å². The van der Waals surface area contributed by atoms with Gasteiger partial charge in [-0.1, -0.05) is 40.0 Å². The van der Waals surface area contributed by atoms with Gasteiger partial charge in [-0.15, -0.1) is 0 Å². The van der Waals surface area contributed by atoms with Crippen molar-refractivity contribution in [1.82, 2.24) is 0 Å². The summed E-state index contributed by atoms with van der Waals surface area (Å²) in [5, 5.41) is 9.63. The molecule has 78 valence electrons. The van der Waals surface area contributed by atoms with Crippen LogP contribution in [0.3, 0.4) is 0 Å². The van der Waals surface area contributed by atoms with E-state index in [0.29, 0.717) is 5.56 Å². The quantitative estimate of drug-likeness (QED) is 0.479. The van der Waals surface area contributed by atoms with Crippen molar-refractivity contribution in [2.45, 2.75) is 6.10 Å². The molecular formula is C11H9BrO3. The maximum atomic E-state index is 10.7. The molecule has 0 saturated carbocycles. The summed E-state index contributed by atoms with van der Waals surface area (Å²) in [7, 11) is 1.24. The molecule has 0 bridgehead atoms. The zero-order valence-electron chi connectivity index (χ0n) is 8.03. The van der Waals surface area contributed by atoms with E-state index in [4.69, 9.17) is 0 Å². The van der Waals surface area contributed by atoms with Crippen LogP contribution < -0.4 is 0 Å². The Morgan fingerprint density at radius 1 is 1.53 bits per heavy atom. The number of rotatable bonds is 1. The first-order valence-corrected chi connectivity index (χ1v) is 4.96. The minimum Gasteiger partial charge on any atom is -0.459 e. The van der Waals surface area contributed by atoms with Gasteiger partial charge in [0.2, 0.25) is 0 Å². The minimum atomic E-state index is -1.00. The van der Waals surface area contributed by atoms with Crippen LogP contribution in [0.25, 0.3) is 0 Å². The number of esters is 1. The number of carbonyl (C=O) groups is 1. The summed E-state index contributed by atoms with van der Waals surface area (Å²) in [6.07, 6.45) is -1.00. The van der Waals surface area contributed by atoms with Gasteiger partial charge in [0, 0.05) is 16.0 Å². The number of halogens is 1. The Morgan fingerprint density at radius 2 is 2.20 bits per heavy atom. The lowest BCUT2D eigenvalue weighted by molar-refractivity contribution is -0.133. The molecule has 0 fully saturated rings. The topological polar surface area (TPSA) is 46.5 Å². The number of hydrogen-bond acceptors (Lipinski definition) is 3. The van der Waals surface area contributed by atoms with Gasteiger partial charge in [-0.25, -0.2) is 4.79 Å². The molecule has 0 aliphatic heterocycles. The number of ether oxygens (including phenoxy) is 1. The number of aliphatic hydroxyl groups excluding tert-OH is 1. The number of benzene rings is 1. The van der Waals surface area contributed by atoms with Crippen molar-refractivity contribution in [2.75, 3.05) is 7.11 Å². The smallest absolute Gasteiger partial charge is 0.384 e. The molecule has 0 aliphatic carbocycles. The highest BCUT2D eigenvalue weighted by Gasteiger charge is 2.07. The zero-order chi connectivity index (χ0) is 11.3. The highest BCUT2D eigenvalue weighted by atomic mass is 79.9. The van der Waals surface area contributed by atoms with E-state index in [2.05, 4.69) is 32.5 Å². The van der Waals surface area contributed by atoms with Crippen molar-refractivity contribution in [3.05, 3.63) is 34.3 Å². The molecule has 1 N–H and O–H groups in total. The summed E-state index contributed by atoms with van der Waals surface area (Å²) in [5.74, 6) is 3.90. The molecule has 0 radical (unpaired) electrons. The maximum absolute atomic E-state index is 10.7. The Labute approximate surface area is 96.2 Å². The first-order chi connectivity index (χ1) is 7.15. The van der Waals surface area contributed by atoms with Crippen molar-refractivity contribution < 1.29 is 14.6 Å². The molecule has 1 atom stereocenters. The molecule has 0 spiro atoms. The van der Waals surface area contributed by atoms with Crippen molar-refractivity contribution in [2.24, 2.45) is 0 Å². The summed E-state index contributed by atoms with van der Waals surface area (Å²) < 4.78 is 5.08. The van der Waals surface area contributed by atoms with Crippen LogP contribution in [-0.2, 0) is 9.53 Å². The van der Waals surface area contributed by atoms with Gasteiger partial charge in [-0.3, -0.25) is 0 Å². The second-order valence-corrected chi connectivity index (χ2v) is 3.54. The first-order valence-electron chi connectivity index (χ1n) is 4.17. The second kappa shape index (κ2) is 5.54. The van der Waals surface area contributed by atoms with E-state index in [1.165, 1.54) is 7.11 Å². The summed E-state index contributed by atoms with van der Waals surface area (Å²) in [5.41, 5.74) is 0.619. The number of methoxy groups -OCH3 is 1. The van der Waals surface area contributed by atoms with Gasteiger partial charge in [0.1, 0.15) is 6.10 Å². The molecule has 0 heterocycles. The van der Waals surface area contributed by atoms with Gasteiger partial charge in [-0.05, 0) is 6.07 Å². The summed E-state index contributed by atoms with van der Waals surface area (Å²) in [6, 6.07) is 7.12. The second-order valence-electron chi connectivity index (χ2n) is 2.68. The Hall–Kier alpha value is -1.31. The molecule has 1 rings (SSSR count). The molecule has 0 saturated heterocycles. The molecule has 3 nitrogen and oxygen atoms in total. The predicted octanol–water partition coefficient (Wildman–Crippen LogP) is 1.66. The minimum absolute atomic E-state index is 0.619. The maximum Gasteiger partial charge on any atom is 0.384 e. The lowest BCUT2D eigenvalue weighted by Gasteiger charge is -2.05. The highest BCUT2D eigenvalue weighted by molar-refractivity contribution is 9.10. The molecule has 0 aliphatic rings. The number of aliphatic hydroxyl groups is 1. The average Bonchev–Trinajstić information content (AvgIpc) is 2.26. The molecular weight excluding hydrogens is 260 g/mol. The van der Waals surface area contributed by atoms with Crippen LogP contribution in [0.5, 0.6) is 0 Å². The van der Waals surface area contributed by atoms with Crippen LogP contribution >= 0.6 is 15.9 Å². The fourth-order valence-corrected chi connectivity index (χ4v) is 1.45. The first kappa shape index (κ1) is 11.8. The van der Waals surface area contributed by atoms with Crippen LogP contribution in [0.4, 0.5) is 0 Å². The van der Waals surface area contributed by atoms with E-state index in [0.717, 1.165) is 4.47 Å². The van der Waals surface area contributed by atoms with Crippen LogP contribution in [0.2, 0.25) is 0 Å². The van der Waals surface area contributed by atoms with Crippen molar-refractivity contribution in [1.29, 1.82) is 0 Å². The third-order valence-corrected chi connectivity index (χ3v) is 2.42. The molecule has 0 aromatic heterocycles. The van der Waals surface area contributed by atoms with Crippen molar-refractivity contribution >= 4 is 21.9 Å². The van der Waals surface area contributed by atoms with Crippen molar-refractivity contribution in [3.8, 4) is 11.8 Å². The largest absolute Gasteiger partial charge is 0.459 e. The standard InChI is InChI=1S/C11H9BrO3/c1-15-11(14)7-6-10(13)8-4-2-3-5-9(8)12/h2-5,10,13H,1H3. The van der Waals surface area contributed by atoms with Crippen LogP contribution in [0.1, 0.15) is 11.7 Å². The normalized spacial score (nSPS) is 11.1. The fraction of sp³-hybridized carbons (Fsp3) is 0.182. The van der Waals surface area contributed by atoms with Crippen LogP contribution in [0, 0.1) is 11.8 Å². The van der Waals surface area contributed by atoms with Crippen molar-refractivity contribution in [3.63, 3.8) is 0 Å². The summed E-state index contributed by atoms with van der Waals surface area (Å²) >= 11 is 3.28. The van der Waals surface area contributed by atoms with Gasteiger partial charge in [0.25, 0.3) is 0 Å². The Kier molecular flexibility index (Phi) is 4.35. The SMILES string of the molecule is COC(=O)C#CC(O)c1ccccc1Br. The van der Waals surface area contributed by atoms with Crippen LogP contribution in [0.15, 0.2) is 28.7 Å². The van der Waals surface area contributed by atoms with E-state index < -0.39 is 12.1 Å². The molecule has 1 aromatic carbocycles.